The first-order valence-electron chi connectivity index (χ1n) is 5.74. The third-order valence-corrected chi connectivity index (χ3v) is 2.59. The van der Waals surface area contributed by atoms with E-state index in [2.05, 4.69) is 4.74 Å². The van der Waals surface area contributed by atoms with Gasteiger partial charge in [0.1, 0.15) is 18.2 Å². The second-order valence-electron chi connectivity index (χ2n) is 3.93. The molecule has 0 aromatic heterocycles. The maximum atomic E-state index is 12.7. The highest BCUT2D eigenvalue weighted by molar-refractivity contribution is 5.89. The second-order valence-corrected chi connectivity index (χ2v) is 3.93. The Kier molecular flexibility index (Phi) is 4.13. The number of rotatable bonds is 4. The van der Waals surface area contributed by atoms with Gasteiger partial charge in [0.05, 0.1) is 12.7 Å². The molecule has 0 bridgehead atoms. The van der Waals surface area contributed by atoms with E-state index in [0.717, 1.165) is 5.56 Å². The quantitative estimate of drug-likeness (QED) is 0.792. The van der Waals surface area contributed by atoms with Crippen LogP contribution in [0.1, 0.15) is 15.9 Å². The summed E-state index contributed by atoms with van der Waals surface area (Å²) in [7, 11) is 1.33. The van der Waals surface area contributed by atoms with Gasteiger partial charge < -0.3 is 9.47 Å². The summed E-state index contributed by atoms with van der Waals surface area (Å²) in [5.41, 5.74) is 1.34. The average molecular weight is 260 g/mol. The number of hydrogen-bond acceptors (Lipinski definition) is 3. The Balaban J connectivity index is 1.96. The molecule has 0 amide bonds. The van der Waals surface area contributed by atoms with Crippen molar-refractivity contribution in [2.45, 2.75) is 6.61 Å². The lowest BCUT2D eigenvalue weighted by atomic mass is 10.2. The number of ether oxygens (including phenoxy) is 2. The maximum absolute atomic E-state index is 12.7. The zero-order valence-corrected chi connectivity index (χ0v) is 10.4. The molecule has 2 aromatic carbocycles. The molecular weight excluding hydrogens is 247 g/mol. The van der Waals surface area contributed by atoms with Crippen LogP contribution in [0.4, 0.5) is 4.39 Å². The molecule has 0 saturated heterocycles. The fraction of sp³-hybridized carbons (Fsp3) is 0.133. The van der Waals surface area contributed by atoms with Crippen molar-refractivity contribution in [2.75, 3.05) is 7.11 Å². The summed E-state index contributed by atoms with van der Waals surface area (Å²) < 4.78 is 22.8. The minimum atomic E-state index is -0.384. The minimum Gasteiger partial charge on any atom is -0.489 e. The van der Waals surface area contributed by atoms with Gasteiger partial charge in [-0.2, -0.15) is 0 Å². The van der Waals surface area contributed by atoms with Gasteiger partial charge in [0.2, 0.25) is 0 Å². The molecule has 19 heavy (non-hydrogen) atoms. The van der Waals surface area contributed by atoms with Crippen LogP contribution < -0.4 is 4.74 Å². The van der Waals surface area contributed by atoms with Gasteiger partial charge in [0.25, 0.3) is 0 Å². The summed E-state index contributed by atoms with van der Waals surface area (Å²) in [4.78, 5) is 11.2. The van der Waals surface area contributed by atoms with Crippen LogP contribution in [0, 0.1) is 5.82 Å². The molecular formula is C15H13FO3. The van der Waals surface area contributed by atoms with Crippen LogP contribution >= 0.6 is 0 Å². The normalized spacial score (nSPS) is 10.0. The highest BCUT2D eigenvalue weighted by Gasteiger charge is 2.04. The van der Waals surface area contributed by atoms with Gasteiger partial charge in [-0.1, -0.05) is 12.1 Å². The third-order valence-electron chi connectivity index (χ3n) is 2.59. The zero-order chi connectivity index (χ0) is 13.7. The van der Waals surface area contributed by atoms with Gasteiger partial charge in [-0.05, 0) is 42.0 Å². The highest BCUT2D eigenvalue weighted by atomic mass is 19.1. The number of hydrogen-bond donors (Lipinski definition) is 0. The van der Waals surface area contributed by atoms with Crippen LogP contribution in [-0.2, 0) is 11.3 Å². The van der Waals surface area contributed by atoms with Crippen molar-refractivity contribution in [1.82, 2.24) is 0 Å². The number of carbonyl (C=O) groups is 1. The minimum absolute atomic E-state index is 0.272. The Morgan fingerprint density at radius 1 is 1.05 bits per heavy atom. The van der Waals surface area contributed by atoms with E-state index >= 15 is 0 Å². The number of benzene rings is 2. The van der Waals surface area contributed by atoms with E-state index in [-0.39, 0.29) is 11.8 Å². The molecule has 0 radical (unpaired) electrons. The van der Waals surface area contributed by atoms with E-state index in [4.69, 9.17) is 4.74 Å². The van der Waals surface area contributed by atoms with Gasteiger partial charge in [-0.25, -0.2) is 9.18 Å². The van der Waals surface area contributed by atoms with Crippen LogP contribution in [0.3, 0.4) is 0 Å². The Labute approximate surface area is 110 Å². The summed E-state index contributed by atoms with van der Waals surface area (Å²) in [6.07, 6.45) is 0. The number of methoxy groups -OCH3 is 1. The second kappa shape index (κ2) is 6.00. The molecule has 0 N–H and O–H groups in total. The first-order valence-corrected chi connectivity index (χ1v) is 5.74. The molecule has 0 unspecified atom stereocenters. The third kappa shape index (κ3) is 3.55. The molecule has 0 saturated carbocycles. The summed E-state index contributed by atoms with van der Waals surface area (Å²) in [5, 5.41) is 0. The molecule has 98 valence electrons. The first kappa shape index (κ1) is 13.1. The molecule has 0 aliphatic carbocycles. The molecule has 3 nitrogen and oxygen atoms in total. The highest BCUT2D eigenvalue weighted by Crippen LogP contribution is 2.15. The Morgan fingerprint density at radius 3 is 2.26 bits per heavy atom. The summed E-state index contributed by atoms with van der Waals surface area (Å²) in [5.74, 6) is -0.0201. The smallest absolute Gasteiger partial charge is 0.337 e. The first-order chi connectivity index (χ1) is 9.19. The fourth-order valence-corrected chi connectivity index (χ4v) is 1.55. The van der Waals surface area contributed by atoms with Crippen molar-refractivity contribution in [1.29, 1.82) is 0 Å². The van der Waals surface area contributed by atoms with E-state index < -0.39 is 0 Å². The Morgan fingerprint density at radius 2 is 1.68 bits per heavy atom. The van der Waals surface area contributed by atoms with E-state index in [0.29, 0.717) is 17.9 Å². The number of esters is 1. The van der Waals surface area contributed by atoms with Crippen molar-refractivity contribution in [3.8, 4) is 5.75 Å². The van der Waals surface area contributed by atoms with Crippen molar-refractivity contribution < 1.29 is 18.7 Å². The lowest BCUT2D eigenvalue weighted by Gasteiger charge is -2.07. The lowest BCUT2D eigenvalue weighted by molar-refractivity contribution is 0.0600. The van der Waals surface area contributed by atoms with Crippen LogP contribution in [0.15, 0.2) is 48.5 Å². The molecule has 0 heterocycles. The van der Waals surface area contributed by atoms with Crippen molar-refractivity contribution in [2.24, 2.45) is 0 Å². The van der Waals surface area contributed by atoms with Crippen molar-refractivity contribution in [3.05, 3.63) is 65.5 Å². The molecule has 2 aromatic rings. The number of halogens is 1. The fourth-order valence-electron chi connectivity index (χ4n) is 1.55. The molecule has 0 aliphatic rings. The predicted octanol–water partition coefficient (Wildman–Crippen LogP) is 3.19. The van der Waals surface area contributed by atoms with Crippen LogP contribution in [-0.4, -0.2) is 13.1 Å². The van der Waals surface area contributed by atoms with Crippen molar-refractivity contribution >= 4 is 5.97 Å². The molecule has 0 spiro atoms. The lowest BCUT2D eigenvalue weighted by Crippen LogP contribution is -2.01. The molecule has 0 fully saturated rings. The zero-order valence-electron chi connectivity index (χ0n) is 10.4. The summed E-state index contributed by atoms with van der Waals surface area (Å²) >= 11 is 0. The largest absolute Gasteiger partial charge is 0.489 e. The van der Waals surface area contributed by atoms with Gasteiger partial charge >= 0.3 is 5.97 Å². The molecule has 0 aliphatic heterocycles. The van der Waals surface area contributed by atoms with E-state index in [9.17, 15) is 9.18 Å². The molecule has 4 heteroatoms. The summed E-state index contributed by atoms with van der Waals surface area (Å²) in [6, 6.07) is 12.7. The van der Waals surface area contributed by atoms with Crippen LogP contribution in [0.5, 0.6) is 5.75 Å². The maximum Gasteiger partial charge on any atom is 0.337 e. The van der Waals surface area contributed by atoms with E-state index in [1.807, 2.05) is 0 Å². The Bertz CT molecular complexity index is 547. The number of carbonyl (C=O) groups excluding carboxylic acids is 1. The van der Waals surface area contributed by atoms with Crippen LogP contribution in [0.25, 0.3) is 0 Å². The Hall–Kier alpha value is -2.36. The topological polar surface area (TPSA) is 35.5 Å². The van der Waals surface area contributed by atoms with Crippen molar-refractivity contribution in [3.63, 3.8) is 0 Å². The monoisotopic (exact) mass is 260 g/mol. The van der Waals surface area contributed by atoms with Gasteiger partial charge in [-0.15, -0.1) is 0 Å². The molecule has 0 atom stereocenters. The standard InChI is InChI=1S/C15H13FO3/c1-18-15(17)12-4-8-14(9-5-12)19-10-11-2-6-13(16)7-3-11/h2-9H,10H2,1H3. The van der Waals surface area contributed by atoms with Crippen LogP contribution in [0.2, 0.25) is 0 Å². The van der Waals surface area contributed by atoms with Gasteiger partial charge in [0, 0.05) is 0 Å². The predicted molar refractivity (Wildman–Crippen MR) is 68.5 cm³/mol. The van der Waals surface area contributed by atoms with Gasteiger partial charge in [-0.3, -0.25) is 0 Å². The molecule has 2 rings (SSSR count). The summed E-state index contributed by atoms with van der Waals surface area (Å²) in [6.45, 7) is 0.345. The van der Waals surface area contributed by atoms with E-state index in [1.54, 1.807) is 36.4 Å². The van der Waals surface area contributed by atoms with Gasteiger partial charge in [0.15, 0.2) is 0 Å². The SMILES string of the molecule is COC(=O)c1ccc(OCc2ccc(F)cc2)cc1. The van der Waals surface area contributed by atoms with E-state index in [1.165, 1.54) is 19.2 Å². The average Bonchev–Trinajstić information content (AvgIpc) is 2.46.